The van der Waals surface area contributed by atoms with Crippen LogP contribution < -0.4 is 129 Å². The van der Waals surface area contributed by atoms with Gasteiger partial charge >= 0.3 is 118 Å². The van der Waals surface area contributed by atoms with Gasteiger partial charge in [0.1, 0.15) is 35.2 Å². The Morgan fingerprint density at radius 2 is 0.905 bits per heavy atom. The fourth-order valence-corrected chi connectivity index (χ4v) is 10.1. The van der Waals surface area contributed by atoms with Gasteiger partial charge in [0.05, 0.1) is 48.8 Å². The summed E-state index contributed by atoms with van der Waals surface area (Å²) in [7, 11) is -20.4. The van der Waals surface area contributed by atoms with Crippen molar-refractivity contribution in [3.8, 4) is 5.75 Å². The van der Waals surface area contributed by atoms with Crippen molar-refractivity contribution in [3.63, 3.8) is 0 Å². The Morgan fingerprint density at radius 3 is 1.47 bits per heavy atom. The second kappa shape index (κ2) is 24.2. The van der Waals surface area contributed by atoms with Crippen LogP contribution in [0.5, 0.6) is 5.75 Å². The van der Waals surface area contributed by atoms with E-state index in [9.17, 15) is 57.0 Å². The molecule has 352 valence electrons. The molecule has 0 atom stereocenters. The van der Waals surface area contributed by atoms with E-state index in [1.165, 1.54) is 48.5 Å². The molecule has 0 amide bonds. The number of nitrogens with one attached hydrogen (secondary N) is 1. The van der Waals surface area contributed by atoms with Gasteiger partial charge in [-0.05, 0) is 95.7 Å². The standard InChI is InChI=1S/C46H31N7O13S4.4Na/c54-46-31-15-13-28(47-27-7-2-1-3-8-27)21-26(31)22-44(70(64,65)66)45(46)53-52-41-20-19-40(34-16-14-30(25-36(34)41)67(55,56)57)51-50-39-18-17-38(32-9-4-5-10-33(32)39)49-48-29-23-37-35(43(24-29)69(61,62)63)11-6-12-42(37)68(58,59)60;;;;/h1-25,47,54H,(H,55,56,57)(H,58,59,60)(H,61,62,63)(H,64,65,66);;;;/q;4*+1/p-4. The number of benzene rings is 9. The average molecular weight is 1110 g/mol. The predicted molar refractivity (Wildman–Crippen MR) is 251 cm³/mol. The zero-order valence-corrected chi connectivity index (χ0v) is 50.4. The van der Waals surface area contributed by atoms with Gasteiger partial charge in [0, 0.05) is 43.7 Å². The Morgan fingerprint density at radius 1 is 0.392 bits per heavy atom. The molecule has 0 saturated heterocycles. The molecule has 0 saturated carbocycles. The van der Waals surface area contributed by atoms with Gasteiger partial charge < -0.3 is 24.1 Å². The molecule has 2 N–H and O–H groups in total. The molecule has 9 aromatic rings. The van der Waals surface area contributed by atoms with E-state index < -0.39 is 71.5 Å². The molecule has 9 rings (SSSR count). The summed E-state index contributed by atoms with van der Waals surface area (Å²) in [5.74, 6) is -0.901. The zero-order chi connectivity index (χ0) is 49.8. The number of para-hydroxylation sites is 1. The summed E-state index contributed by atoms with van der Waals surface area (Å²) in [6, 6.07) is 35.5. The third kappa shape index (κ3) is 13.2. The van der Waals surface area contributed by atoms with Crippen LogP contribution in [0.4, 0.5) is 45.5 Å². The first kappa shape index (κ1) is 60.9. The largest absolute Gasteiger partial charge is 1.00 e. The molecule has 20 nitrogen and oxygen atoms in total. The molecule has 0 aliphatic carbocycles. The van der Waals surface area contributed by atoms with Crippen molar-refractivity contribution in [2.75, 3.05) is 5.32 Å². The molecule has 28 heteroatoms. The average Bonchev–Trinajstić information content (AvgIpc) is 3.31. The molecular formula is C46H27N7Na4O13S4. The molecule has 0 aliphatic heterocycles. The number of anilines is 2. The van der Waals surface area contributed by atoms with Crippen LogP contribution in [0.1, 0.15) is 0 Å². The quantitative estimate of drug-likeness (QED) is 0.0786. The summed E-state index contributed by atoms with van der Waals surface area (Å²) in [6.07, 6.45) is 0. The number of azo groups is 3. The molecule has 9 aromatic carbocycles. The number of rotatable bonds is 12. The van der Waals surface area contributed by atoms with Crippen molar-refractivity contribution in [2.24, 2.45) is 30.7 Å². The first-order valence-electron chi connectivity index (χ1n) is 20.0. The van der Waals surface area contributed by atoms with Crippen LogP contribution in [-0.4, -0.2) is 51.9 Å². The second-order valence-corrected chi connectivity index (χ2v) is 20.6. The monoisotopic (exact) mass is 1110 g/mol. The fraction of sp³-hybridized carbons (Fsp3) is 0. The van der Waals surface area contributed by atoms with E-state index in [2.05, 4.69) is 36.0 Å². The van der Waals surface area contributed by atoms with Gasteiger partial charge in [0.15, 0.2) is 0 Å². The summed E-state index contributed by atoms with van der Waals surface area (Å²) in [4.78, 5) is -3.11. The van der Waals surface area contributed by atoms with Crippen molar-refractivity contribution in [3.05, 3.63) is 152 Å². The molecule has 0 aliphatic rings. The Bertz CT molecular complexity index is 4260. The summed E-state index contributed by atoms with van der Waals surface area (Å²) < 4.78 is 145. The fourth-order valence-electron chi connectivity index (χ4n) is 7.58. The molecular weight excluding hydrogens is 1080 g/mol. The predicted octanol–water partition coefficient (Wildman–Crippen LogP) is -1.66. The van der Waals surface area contributed by atoms with Crippen LogP contribution in [0.15, 0.2) is 202 Å². The normalized spacial score (nSPS) is 12.2. The maximum atomic E-state index is 13.8. The van der Waals surface area contributed by atoms with E-state index in [0.717, 1.165) is 42.5 Å². The Labute approximate surface area is 510 Å². The van der Waals surface area contributed by atoms with Gasteiger partial charge in [-0.2, -0.15) is 13.5 Å². The zero-order valence-electron chi connectivity index (χ0n) is 39.1. The van der Waals surface area contributed by atoms with E-state index in [1.807, 2.05) is 6.07 Å². The topological polar surface area (TPSA) is 335 Å². The molecule has 0 bridgehead atoms. The van der Waals surface area contributed by atoms with Crippen molar-refractivity contribution < 1.29 is 175 Å². The number of nitrogens with zero attached hydrogens (tertiary/aromatic N) is 6. The molecule has 0 unspecified atom stereocenters. The minimum atomic E-state index is -5.19. The molecule has 0 fully saturated rings. The minimum Gasteiger partial charge on any atom is -0.871 e. The molecule has 0 aromatic heterocycles. The third-order valence-corrected chi connectivity index (χ3v) is 14.2. The third-order valence-electron chi connectivity index (χ3n) is 10.7. The van der Waals surface area contributed by atoms with Crippen LogP contribution in [0.2, 0.25) is 0 Å². The maximum Gasteiger partial charge on any atom is 1.00 e. The molecule has 0 spiro atoms. The second-order valence-electron chi connectivity index (χ2n) is 15.2. The van der Waals surface area contributed by atoms with E-state index >= 15 is 0 Å². The number of hydrogen-bond acceptors (Lipinski definition) is 19. The van der Waals surface area contributed by atoms with Crippen LogP contribution in [0.3, 0.4) is 0 Å². The van der Waals surface area contributed by atoms with Crippen molar-refractivity contribution >= 4 is 129 Å². The van der Waals surface area contributed by atoms with E-state index in [4.69, 9.17) is 0 Å². The van der Waals surface area contributed by atoms with Crippen LogP contribution in [-0.2, 0) is 40.5 Å². The van der Waals surface area contributed by atoms with Crippen molar-refractivity contribution in [1.82, 2.24) is 0 Å². The first-order valence-corrected chi connectivity index (χ1v) is 25.7. The van der Waals surface area contributed by atoms with Crippen molar-refractivity contribution in [2.45, 2.75) is 19.6 Å². The Hall–Kier alpha value is -3.94. The summed E-state index contributed by atoms with van der Waals surface area (Å²) >= 11 is 0. The maximum absolute atomic E-state index is 13.8. The van der Waals surface area contributed by atoms with Gasteiger partial charge in [0.2, 0.25) is 0 Å². The Balaban J connectivity index is 0.00000253. The summed E-state index contributed by atoms with van der Waals surface area (Å²) in [5, 5.41) is 42.7. The van der Waals surface area contributed by atoms with Crippen LogP contribution in [0, 0.1) is 0 Å². The molecule has 74 heavy (non-hydrogen) atoms. The molecule has 0 heterocycles. The van der Waals surface area contributed by atoms with E-state index in [0.29, 0.717) is 22.1 Å². The van der Waals surface area contributed by atoms with Gasteiger partial charge in [-0.15, -0.1) is 25.6 Å². The minimum absolute atomic E-state index is 0. The summed E-state index contributed by atoms with van der Waals surface area (Å²) in [6.45, 7) is 0. The van der Waals surface area contributed by atoms with E-state index in [-0.39, 0.29) is 179 Å². The first-order chi connectivity index (χ1) is 33.1. The van der Waals surface area contributed by atoms with Gasteiger partial charge in [-0.25, -0.2) is 25.3 Å². The van der Waals surface area contributed by atoms with Crippen LogP contribution >= 0.6 is 0 Å². The Kier molecular flexibility index (Phi) is 19.9. The van der Waals surface area contributed by atoms with Gasteiger partial charge in [-0.3, -0.25) is 4.55 Å². The smallest absolute Gasteiger partial charge is 0.871 e. The van der Waals surface area contributed by atoms with Gasteiger partial charge in [0.25, 0.3) is 10.1 Å². The number of fused-ring (bicyclic) bond motifs is 4. The van der Waals surface area contributed by atoms with Crippen molar-refractivity contribution in [1.29, 1.82) is 0 Å². The number of hydrogen-bond donors (Lipinski definition) is 2. The van der Waals surface area contributed by atoms with E-state index in [1.54, 1.807) is 54.6 Å². The van der Waals surface area contributed by atoms with Crippen LogP contribution in [0.25, 0.3) is 43.1 Å². The SMILES string of the molecule is O=S(=O)([O-])c1ccc2c(N=Nc3ccc(N=Nc4cc(S(=O)(=O)[O-])c5cccc(S(=O)(=O)[O-])c5c4)c4ccccc34)ccc(N=Nc3c(S(=O)(=O)O)cc4cc(Nc5ccccc5)ccc4c3[O-])c2c1.[Na+].[Na+].[Na+].[Na+]. The van der Waals surface area contributed by atoms with Gasteiger partial charge in [-0.1, -0.05) is 72.5 Å². The summed E-state index contributed by atoms with van der Waals surface area (Å²) in [5.41, 5.74) is 0.651. The molecule has 0 radical (unpaired) electrons.